The maximum atomic E-state index is 5.83. The molecule has 1 rings (SSSR count). The normalized spacial score (nSPS) is 22.2. The maximum absolute atomic E-state index is 5.83. The lowest BCUT2D eigenvalue weighted by atomic mass is 9.93. The first-order chi connectivity index (χ1) is 6.49. The van der Waals surface area contributed by atoms with Crippen LogP contribution in [-0.2, 0) is 9.47 Å². The molecule has 1 unspecified atom stereocenters. The molecular weight excluding hydrogens is 178 g/mol. The Labute approximate surface area is 86.5 Å². The lowest BCUT2D eigenvalue weighted by Gasteiger charge is -2.21. The smallest absolute Gasteiger partial charge is 0.169 e. The molecule has 0 aromatic rings. The Kier molecular flexibility index (Phi) is 3.43. The molecule has 1 atom stereocenters. The molecule has 0 spiro atoms. The van der Waals surface area contributed by atoms with E-state index in [1.807, 2.05) is 0 Å². The van der Waals surface area contributed by atoms with E-state index >= 15 is 0 Å². The van der Waals surface area contributed by atoms with Gasteiger partial charge in [-0.05, 0) is 0 Å². The van der Waals surface area contributed by atoms with Gasteiger partial charge in [-0.2, -0.15) is 0 Å². The lowest BCUT2D eigenvalue weighted by molar-refractivity contribution is 0.0882. The molecule has 1 aliphatic rings. The van der Waals surface area contributed by atoms with Gasteiger partial charge in [0.15, 0.2) is 6.23 Å². The first-order valence-electron chi connectivity index (χ1n) is 5.14. The number of nitrogens with one attached hydrogen (secondary N) is 1. The van der Waals surface area contributed by atoms with Crippen LogP contribution in [0.25, 0.3) is 0 Å². The fourth-order valence-electron chi connectivity index (χ4n) is 1.57. The minimum absolute atomic E-state index is 0.0464. The van der Waals surface area contributed by atoms with E-state index in [-0.39, 0.29) is 11.6 Å². The van der Waals surface area contributed by atoms with Crippen LogP contribution in [0, 0.1) is 5.41 Å². The van der Waals surface area contributed by atoms with Gasteiger partial charge in [-0.3, -0.25) is 0 Å². The molecule has 82 valence electrons. The number of methoxy groups -OCH3 is 1. The molecule has 1 aliphatic heterocycles. The summed E-state index contributed by atoms with van der Waals surface area (Å²) in [4.78, 5) is 0. The average molecular weight is 199 g/mol. The van der Waals surface area contributed by atoms with Crippen LogP contribution >= 0.6 is 0 Å². The van der Waals surface area contributed by atoms with Crippen molar-refractivity contribution >= 4 is 0 Å². The van der Waals surface area contributed by atoms with Gasteiger partial charge in [0.2, 0.25) is 0 Å². The fraction of sp³-hybridized carbons (Fsp3) is 0.818. The average Bonchev–Trinajstić information content (AvgIpc) is 2.48. The molecular formula is C11H21NO2. The first-order valence-corrected chi connectivity index (χ1v) is 5.14. The third-order valence-electron chi connectivity index (χ3n) is 2.21. The minimum atomic E-state index is 0.0464. The van der Waals surface area contributed by atoms with Gasteiger partial charge in [0.25, 0.3) is 0 Å². The van der Waals surface area contributed by atoms with Crippen LogP contribution in [0.15, 0.2) is 11.5 Å². The maximum Gasteiger partial charge on any atom is 0.169 e. The van der Waals surface area contributed by atoms with E-state index < -0.39 is 0 Å². The highest BCUT2D eigenvalue weighted by Crippen LogP contribution is 2.33. The largest absolute Gasteiger partial charge is 0.473 e. The zero-order chi connectivity index (χ0) is 10.8. The standard InChI is InChI=1S/C11H21NO2/c1-6-9-12-8(7-13-5)10(14-9)11(2,3)4/h9,12H,6-7H2,1-5H3. The van der Waals surface area contributed by atoms with E-state index in [2.05, 4.69) is 33.0 Å². The second-order valence-electron chi connectivity index (χ2n) is 4.65. The third kappa shape index (κ3) is 2.41. The van der Waals surface area contributed by atoms with Gasteiger partial charge >= 0.3 is 0 Å². The van der Waals surface area contributed by atoms with E-state index in [9.17, 15) is 0 Å². The van der Waals surface area contributed by atoms with Crippen molar-refractivity contribution in [3.05, 3.63) is 11.5 Å². The number of allylic oxidation sites excluding steroid dienone is 1. The van der Waals surface area contributed by atoms with Gasteiger partial charge in [-0.25, -0.2) is 0 Å². The van der Waals surface area contributed by atoms with Crippen molar-refractivity contribution < 1.29 is 9.47 Å². The molecule has 3 heteroatoms. The van der Waals surface area contributed by atoms with Gasteiger partial charge in [-0.1, -0.05) is 27.7 Å². The number of hydrogen-bond acceptors (Lipinski definition) is 3. The monoisotopic (exact) mass is 199 g/mol. The Balaban J connectivity index is 2.79. The van der Waals surface area contributed by atoms with Crippen LogP contribution in [0.5, 0.6) is 0 Å². The summed E-state index contributed by atoms with van der Waals surface area (Å²) in [6.07, 6.45) is 1.08. The molecule has 0 saturated heterocycles. The second-order valence-corrected chi connectivity index (χ2v) is 4.65. The summed E-state index contributed by atoms with van der Waals surface area (Å²) in [5.74, 6) is 1.03. The zero-order valence-corrected chi connectivity index (χ0v) is 9.81. The minimum Gasteiger partial charge on any atom is -0.473 e. The molecule has 0 aromatic carbocycles. The predicted molar refractivity (Wildman–Crippen MR) is 56.7 cm³/mol. The summed E-state index contributed by atoms with van der Waals surface area (Å²) in [6.45, 7) is 9.16. The summed E-state index contributed by atoms with van der Waals surface area (Å²) >= 11 is 0. The highest BCUT2D eigenvalue weighted by Gasteiger charge is 2.31. The van der Waals surface area contributed by atoms with Gasteiger partial charge < -0.3 is 14.8 Å². The van der Waals surface area contributed by atoms with Gasteiger partial charge in [-0.15, -0.1) is 0 Å². The number of hydrogen-bond donors (Lipinski definition) is 1. The van der Waals surface area contributed by atoms with Crippen molar-refractivity contribution in [2.45, 2.75) is 40.3 Å². The molecule has 0 radical (unpaired) electrons. The van der Waals surface area contributed by atoms with E-state index in [0.29, 0.717) is 6.61 Å². The molecule has 3 nitrogen and oxygen atoms in total. The number of rotatable bonds is 3. The lowest BCUT2D eigenvalue weighted by Crippen LogP contribution is -2.24. The van der Waals surface area contributed by atoms with Gasteiger partial charge in [0, 0.05) is 18.9 Å². The predicted octanol–water partition coefficient (Wildman–Crippen LogP) is 2.25. The Bertz CT molecular complexity index is 228. The van der Waals surface area contributed by atoms with Crippen molar-refractivity contribution in [2.24, 2.45) is 5.41 Å². The van der Waals surface area contributed by atoms with Crippen molar-refractivity contribution in [1.82, 2.24) is 5.32 Å². The van der Waals surface area contributed by atoms with Crippen molar-refractivity contribution in [2.75, 3.05) is 13.7 Å². The molecule has 1 heterocycles. The second kappa shape index (κ2) is 4.22. The van der Waals surface area contributed by atoms with E-state index in [0.717, 1.165) is 17.9 Å². The highest BCUT2D eigenvalue weighted by atomic mass is 16.5. The topological polar surface area (TPSA) is 30.5 Å². The van der Waals surface area contributed by atoms with E-state index in [1.54, 1.807) is 7.11 Å². The Morgan fingerprint density at radius 3 is 2.50 bits per heavy atom. The summed E-state index contributed by atoms with van der Waals surface area (Å²) < 4.78 is 11.0. The summed E-state index contributed by atoms with van der Waals surface area (Å²) in [5.41, 5.74) is 1.14. The quantitative estimate of drug-likeness (QED) is 0.756. The Hall–Kier alpha value is -0.700. The van der Waals surface area contributed by atoms with Gasteiger partial charge in [0.05, 0.1) is 12.3 Å². The highest BCUT2D eigenvalue weighted by molar-refractivity contribution is 5.18. The van der Waals surface area contributed by atoms with Crippen LogP contribution in [-0.4, -0.2) is 19.9 Å². The number of ether oxygens (including phenoxy) is 2. The Morgan fingerprint density at radius 2 is 2.07 bits per heavy atom. The Morgan fingerprint density at radius 1 is 1.43 bits per heavy atom. The molecule has 0 amide bonds. The molecule has 14 heavy (non-hydrogen) atoms. The summed E-state index contributed by atoms with van der Waals surface area (Å²) in [7, 11) is 1.70. The molecule has 0 aliphatic carbocycles. The van der Waals surface area contributed by atoms with E-state index in [4.69, 9.17) is 9.47 Å². The third-order valence-corrected chi connectivity index (χ3v) is 2.21. The van der Waals surface area contributed by atoms with Crippen LogP contribution in [0.3, 0.4) is 0 Å². The molecule has 0 aromatic heterocycles. The van der Waals surface area contributed by atoms with Crippen LogP contribution in [0.2, 0.25) is 0 Å². The van der Waals surface area contributed by atoms with Crippen LogP contribution in [0.1, 0.15) is 34.1 Å². The van der Waals surface area contributed by atoms with Crippen molar-refractivity contribution in [3.8, 4) is 0 Å². The molecule has 1 N–H and O–H groups in total. The van der Waals surface area contributed by atoms with E-state index in [1.165, 1.54) is 0 Å². The zero-order valence-electron chi connectivity index (χ0n) is 9.81. The summed E-state index contributed by atoms with van der Waals surface area (Å²) in [5, 5.41) is 3.33. The van der Waals surface area contributed by atoms with Crippen LogP contribution in [0.4, 0.5) is 0 Å². The summed E-state index contributed by atoms with van der Waals surface area (Å²) in [6, 6.07) is 0. The van der Waals surface area contributed by atoms with Crippen molar-refractivity contribution in [3.63, 3.8) is 0 Å². The molecule has 0 fully saturated rings. The fourth-order valence-corrected chi connectivity index (χ4v) is 1.57. The first kappa shape index (κ1) is 11.4. The SMILES string of the molecule is CCC1NC(COC)=C(C(C)(C)C)O1. The molecule has 0 bridgehead atoms. The van der Waals surface area contributed by atoms with Gasteiger partial charge in [0.1, 0.15) is 5.76 Å². The molecule has 0 saturated carbocycles. The van der Waals surface area contributed by atoms with Crippen LogP contribution < -0.4 is 5.32 Å². The van der Waals surface area contributed by atoms with Crippen molar-refractivity contribution in [1.29, 1.82) is 0 Å².